The molecule has 20 heavy (non-hydrogen) atoms. The first kappa shape index (κ1) is 15.5. The van der Waals surface area contributed by atoms with Crippen LogP contribution in [0.25, 0.3) is 0 Å². The number of rotatable bonds is 5. The fraction of sp³-hybridized carbons (Fsp3) is 0.667. The van der Waals surface area contributed by atoms with Crippen molar-refractivity contribution in [1.82, 2.24) is 10.2 Å². The van der Waals surface area contributed by atoms with Crippen LogP contribution in [0.5, 0.6) is 0 Å². The van der Waals surface area contributed by atoms with Gasteiger partial charge in [-0.2, -0.15) is 0 Å². The van der Waals surface area contributed by atoms with E-state index in [1.807, 2.05) is 0 Å². The summed E-state index contributed by atoms with van der Waals surface area (Å²) in [5.41, 5.74) is 4.51. The van der Waals surface area contributed by atoms with Crippen molar-refractivity contribution in [3.63, 3.8) is 0 Å². The van der Waals surface area contributed by atoms with E-state index in [0.717, 1.165) is 6.54 Å². The van der Waals surface area contributed by atoms with Gasteiger partial charge in [0.05, 0.1) is 6.04 Å². The van der Waals surface area contributed by atoms with E-state index in [1.165, 1.54) is 42.4 Å². The summed E-state index contributed by atoms with van der Waals surface area (Å²) in [5.74, 6) is 0. The summed E-state index contributed by atoms with van der Waals surface area (Å²) in [6.45, 7) is 7.65. The molecule has 1 saturated carbocycles. The van der Waals surface area contributed by atoms with Crippen LogP contribution in [0.3, 0.4) is 0 Å². The zero-order valence-corrected chi connectivity index (χ0v) is 13.8. The van der Waals surface area contributed by atoms with Crippen molar-refractivity contribution in [3.05, 3.63) is 34.9 Å². The normalized spacial score (nSPS) is 19.5. The second-order valence-electron chi connectivity index (χ2n) is 6.54. The van der Waals surface area contributed by atoms with Gasteiger partial charge in [0.25, 0.3) is 0 Å². The summed E-state index contributed by atoms with van der Waals surface area (Å²) in [4.78, 5) is 2.46. The Morgan fingerprint density at radius 2 is 1.80 bits per heavy atom. The van der Waals surface area contributed by atoms with Gasteiger partial charge in [-0.25, -0.2) is 0 Å². The highest BCUT2D eigenvalue weighted by Gasteiger charge is 2.43. The van der Waals surface area contributed by atoms with Gasteiger partial charge in [-0.15, -0.1) is 0 Å². The van der Waals surface area contributed by atoms with Crippen molar-refractivity contribution in [2.45, 2.75) is 58.0 Å². The molecule has 1 aliphatic carbocycles. The molecule has 1 atom stereocenters. The lowest BCUT2D eigenvalue weighted by Gasteiger charge is -2.44. The molecule has 1 unspecified atom stereocenters. The topological polar surface area (TPSA) is 15.3 Å². The summed E-state index contributed by atoms with van der Waals surface area (Å²) in [6.07, 6.45) is 5.30. The first-order valence-corrected chi connectivity index (χ1v) is 7.99. The summed E-state index contributed by atoms with van der Waals surface area (Å²) in [7, 11) is 4.49. The standard InChI is InChI=1S/C18H30N2/c1-6-19-17(16-10-9-14(2)15(3)13-16)18(20(4)5)11-7-8-12-18/h9-10,13,17,19H,6-8,11-12H2,1-5H3. The van der Waals surface area contributed by atoms with Gasteiger partial charge in [0.1, 0.15) is 0 Å². The highest BCUT2D eigenvalue weighted by Crippen LogP contribution is 2.43. The SMILES string of the molecule is CCNC(c1ccc(C)c(C)c1)C1(N(C)C)CCCC1. The summed E-state index contributed by atoms with van der Waals surface area (Å²) >= 11 is 0. The molecular weight excluding hydrogens is 244 g/mol. The largest absolute Gasteiger partial charge is 0.309 e. The molecular formula is C18H30N2. The van der Waals surface area contributed by atoms with Crippen molar-refractivity contribution in [1.29, 1.82) is 0 Å². The maximum absolute atomic E-state index is 3.77. The van der Waals surface area contributed by atoms with Crippen LogP contribution >= 0.6 is 0 Å². The Morgan fingerprint density at radius 1 is 1.15 bits per heavy atom. The van der Waals surface area contributed by atoms with Crippen LogP contribution in [0.1, 0.15) is 55.3 Å². The fourth-order valence-electron chi connectivity index (χ4n) is 3.75. The van der Waals surface area contributed by atoms with E-state index in [4.69, 9.17) is 0 Å². The Kier molecular flexibility index (Phi) is 4.87. The van der Waals surface area contributed by atoms with Gasteiger partial charge in [-0.1, -0.05) is 38.0 Å². The predicted octanol–water partition coefficient (Wildman–Crippen LogP) is 3.83. The molecule has 1 aromatic rings. The number of hydrogen-bond acceptors (Lipinski definition) is 2. The first-order chi connectivity index (χ1) is 9.51. The predicted molar refractivity (Wildman–Crippen MR) is 87.2 cm³/mol. The van der Waals surface area contributed by atoms with Crippen LogP contribution in [0, 0.1) is 13.8 Å². The van der Waals surface area contributed by atoms with Gasteiger partial charge in [0, 0.05) is 5.54 Å². The summed E-state index contributed by atoms with van der Waals surface area (Å²) in [6, 6.07) is 7.41. The number of hydrogen-bond donors (Lipinski definition) is 1. The average Bonchev–Trinajstić information content (AvgIpc) is 2.90. The highest BCUT2D eigenvalue weighted by molar-refractivity contribution is 5.34. The Balaban J connectivity index is 2.41. The minimum absolute atomic E-state index is 0.276. The lowest BCUT2D eigenvalue weighted by atomic mass is 9.81. The Bertz CT molecular complexity index is 445. The second kappa shape index (κ2) is 6.28. The Morgan fingerprint density at radius 3 is 2.30 bits per heavy atom. The lowest BCUT2D eigenvalue weighted by Crippen LogP contribution is -2.52. The molecule has 2 nitrogen and oxygen atoms in total. The third kappa shape index (κ3) is 2.77. The highest BCUT2D eigenvalue weighted by atomic mass is 15.2. The van der Waals surface area contributed by atoms with Gasteiger partial charge in [-0.3, -0.25) is 0 Å². The van der Waals surface area contributed by atoms with Crippen LogP contribution in [0.2, 0.25) is 0 Å². The summed E-state index contributed by atoms with van der Waals surface area (Å²) < 4.78 is 0. The van der Waals surface area contributed by atoms with Gasteiger partial charge >= 0.3 is 0 Å². The van der Waals surface area contributed by atoms with Crippen molar-refractivity contribution in [2.75, 3.05) is 20.6 Å². The molecule has 0 aliphatic heterocycles. The van der Waals surface area contributed by atoms with Gasteiger partial charge in [0.2, 0.25) is 0 Å². The van der Waals surface area contributed by atoms with Crippen LogP contribution in [-0.4, -0.2) is 31.1 Å². The number of likely N-dealkylation sites (N-methyl/N-ethyl adjacent to an activating group) is 2. The van der Waals surface area contributed by atoms with Crippen molar-refractivity contribution >= 4 is 0 Å². The number of nitrogens with one attached hydrogen (secondary N) is 1. The maximum Gasteiger partial charge on any atom is 0.0506 e. The molecule has 0 aromatic heterocycles. The number of benzene rings is 1. The van der Waals surface area contributed by atoms with E-state index in [-0.39, 0.29) is 5.54 Å². The second-order valence-corrected chi connectivity index (χ2v) is 6.54. The molecule has 1 aliphatic rings. The molecule has 1 aromatic carbocycles. The van der Waals surface area contributed by atoms with E-state index >= 15 is 0 Å². The fourth-order valence-corrected chi connectivity index (χ4v) is 3.75. The van der Waals surface area contributed by atoms with E-state index in [1.54, 1.807) is 0 Å². The third-order valence-corrected chi connectivity index (χ3v) is 5.17. The van der Waals surface area contributed by atoms with Gasteiger partial charge < -0.3 is 10.2 Å². The van der Waals surface area contributed by atoms with E-state index in [0.29, 0.717) is 6.04 Å². The average molecular weight is 274 g/mol. The molecule has 1 fully saturated rings. The van der Waals surface area contributed by atoms with Crippen molar-refractivity contribution < 1.29 is 0 Å². The molecule has 112 valence electrons. The van der Waals surface area contributed by atoms with E-state index in [2.05, 4.69) is 63.3 Å². The molecule has 0 radical (unpaired) electrons. The zero-order valence-electron chi connectivity index (χ0n) is 13.8. The molecule has 0 amide bonds. The van der Waals surface area contributed by atoms with E-state index in [9.17, 15) is 0 Å². The smallest absolute Gasteiger partial charge is 0.0506 e. The van der Waals surface area contributed by atoms with Crippen molar-refractivity contribution in [3.8, 4) is 0 Å². The molecule has 2 heteroatoms. The van der Waals surface area contributed by atoms with Crippen LogP contribution in [0.15, 0.2) is 18.2 Å². The third-order valence-electron chi connectivity index (χ3n) is 5.17. The monoisotopic (exact) mass is 274 g/mol. The first-order valence-electron chi connectivity index (χ1n) is 7.99. The maximum atomic E-state index is 3.77. The van der Waals surface area contributed by atoms with Crippen LogP contribution < -0.4 is 5.32 Å². The molecule has 0 bridgehead atoms. The molecule has 0 saturated heterocycles. The molecule has 2 rings (SSSR count). The van der Waals surface area contributed by atoms with Gasteiger partial charge in [-0.05, 0) is 64.0 Å². The Hall–Kier alpha value is -0.860. The Labute approximate surface area is 124 Å². The van der Waals surface area contributed by atoms with E-state index < -0.39 is 0 Å². The minimum Gasteiger partial charge on any atom is -0.309 e. The lowest BCUT2D eigenvalue weighted by molar-refractivity contribution is 0.105. The number of aryl methyl sites for hydroxylation is 2. The van der Waals surface area contributed by atoms with Crippen molar-refractivity contribution in [2.24, 2.45) is 0 Å². The zero-order chi connectivity index (χ0) is 14.8. The van der Waals surface area contributed by atoms with Crippen LogP contribution in [0.4, 0.5) is 0 Å². The number of nitrogens with zero attached hydrogens (tertiary/aromatic N) is 1. The van der Waals surface area contributed by atoms with Crippen LogP contribution in [-0.2, 0) is 0 Å². The molecule has 0 spiro atoms. The summed E-state index contributed by atoms with van der Waals surface area (Å²) in [5, 5.41) is 3.77. The molecule has 0 heterocycles. The van der Waals surface area contributed by atoms with Gasteiger partial charge in [0.15, 0.2) is 0 Å². The minimum atomic E-state index is 0.276. The quantitative estimate of drug-likeness (QED) is 0.878. The molecule has 1 N–H and O–H groups in total.